The van der Waals surface area contributed by atoms with Crippen molar-refractivity contribution in [1.82, 2.24) is 10.3 Å². The molecule has 0 aliphatic heterocycles. The van der Waals surface area contributed by atoms with E-state index in [1.165, 1.54) is 13.0 Å². The molecule has 6 heteroatoms. The second-order valence-electron chi connectivity index (χ2n) is 6.65. The molecule has 1 atom stereocenters. The summed E-state index contributed by atoms with van der Waals surface area (Å²) in [7, 11) is 0. The van der Waals surface area contributed by atoms with Gasteiger partial charge in [0.2, 0.25) is 0 Å². The number of para-hydroxylation sites is 1. The highest BCUT2D eigenvalue weighted by Crippen LogP contribution is 2.19. The van der Waals surface area contributed by atoms with Gasteiger partial charge in [-0.2, -0.15) is 0 Å². The molecule has 146 valence electrons. The molecule has 3 aromatic rings. The van der Waals surface area contributed by atoms with Gasteiger partial charge in [-0.25, -0.2) is 4.39 Å². The molecule has 2 aromatic carbocycles. The predicted molar refractivity (Wildman–Crippen MR) is 105 cm³/mol. The molecule has 0 aliphatic rings. The van der Waals surface area contributed by atoms with Gasteiger partial charge >= 0.3 is 5.97 Å². The number of fused-ring (bicyclic) bond motifs is 1. The van der Waals surface area contributed by atoms with Crippen molar-refractivity contribution < 1.29 is 18.7 Å². The number of hydrogen-bond donors (Lipinski definition) is 2. The van der Waals surface area contributed by atoms with Crippen LogP contribution >= 0.6 is 0 Å². The molecule has 2 N–H and O–H groups in total. The molecule has 0 saturated carbocycles. The molecule has 0 aliphatic carbocycles. The predicted octanol–water partition coefficient (Wildman–Crippen LogP) is 3.88. The van der Waals surface area contributed by atoms with Crippen molar-refractivity contribution in [3.8, 4) is 0 Å². The number of benzene rings is 2. The summed E-state index contributed by atoms with van der Waals surface area (Å²) in [4.78, 5) is 27.3. The Hall–Kier alpha value is -3.15. The topological polar surface area (TPSA) is 71.2 Å². The summed E-state index contributed by atoms with van der Waals surface area (Å²) >= 11 is 0. The van der Waals surface area contributed by atoms with Gasteiger partial charge in [-0.15, -0.1) is 0 Å². The van der Waals surface area contributed by atoms with E-state index < -0.39 is 18.0 Å². The molecule has 0 spiro atoms. The normalized spacial score (nSPS) is 11.9. The zero-order valence-electron chi connectivity index (χ0n) is 15.7. The number of aromatic nitrogens is 1. The Morgan fingerprint density at radius 1 is 1.11 bits per heavy atom. The van der Waals surface area contributed by atoms with Crippen LogP contribution in [0.5, 0.6) is 0 Å². The number of H-pyrrole nitrogens is 1. The minimum Gasteiger partial charge on any atom is -0.453 e. The van der Waals surface area contributed by atoms with Crippen molar-refractivity contribution >= 4 is 22.8 Å². The molecule has 0 bridgehead atoms. The van der Waals surface area contributed by atoms with Crippen LogP contribution in [0.2, 0.25) is 0 Å². The molecule has 1 aromatic heterocycles. The fourth-order valence-electron chi connectivity index (χ4n) is 3.04. The monoisotopic (exact) mass is 382 g/mol. The van der Waals surface area contributed by atoms with Crippen molar-refractivity contribution in [1.29, 1.82) is 0 Å². The first-order valence-electron chi connectivity index (χ1n) is 9.30. The SMILES string of the molecule is CC(OC(=O)CCCc1c[nH]c2ccccc12)C(=O)NCc1ccccc1F. The Morgan fingerprint density at radius 2 is 1.86 bits per heavy atom. The van der Waals surface area contributed by atoms with E-state index in [0.717, 1.165) is 22.9 Å². The van der Waals surface area contributed by atoms with Gasteiger partial charge in [0.15, 0.2) is 6.10 Å². The number of halogens is 1. The molecule has 5 nitrogen and oxygen atoms in total. The summed E-state index contributed by atoms with van der Waals surface area (Å²) in [6.45, 7) is 1.56. The molecule has 3 rings (SSSR count). The quantitative estimate of drug-likeness (QED) is 0.581. The van der Waals surface area contributed by atoms with Crippen LogP contribution in [0.25, 0.3) is 10.9 Å². The zero-order valence-corrected chi connectivity index (χ0v) is 15.7. The Kier molecular flexibility index (Phi) is 6.42. The lowest BCUT2D eigenvalue weighted by Crippen LogP contribution is -2.35. The van der Waals surface area contributed by atoms with Crippen LogP contribution in [0.3, 0.4) is 0 Å². The third-order valence-corrected chi connectivity index (χ3v) is 4.59. The third kappa shape index (κ3) is 4.97. The fourth-order valence-corrected chi connectivity index (χ4v) is 3.04. The number of ether oxygens (including phenoxy) is 1. The van der Waals surface area contributed by atoms with Gasteiger partial charge in [-0.05, 0) is 37.5 Å². The van der Waals surface area contributed by atoms with Crippen molar-refractivity contribution in [3.05, 3.63) is 71.7 Å². The van der Waals surface area contributed by atoms with Crippen molar-refractivity contribution in [2.75, 3.05) is 0 Å². The summed E-state index contributed by atoms with van der Waals surface area (Å²) in [5.74, 6) is -1.26. The second kappa shape index (κ2) is 9.17. The maximum Gasteiger partial charge on any atom is 0.306 e. The zero-order chi connectivity index (χ0) is 19.9. The van der Waals surface area contributed by atoms with Gasteiger partial charge in [0.05, 0.1) is 0 Å². The first kappa shape index (κ1) is 19.6. The molecule has 1 unspecified atom stereocenters. The second-order valence-corrected chi connectivity index (χ2v) is 6.65. The van der Waals surface area contributed by atoms with Gasteiger partial charge in [0.1, 0.15) is 5.82 Å². The van der Waals surface area contributed by atoms with E-state index in [2.05, 4.69) is 10.3 Å². The lowest BCUT2D eigenvalue weighted by atomic mass is 10.1. The number of carbonyl (C=O) groups is 2. The average Bonchev–Trinajstić information content (AvgIpc) is 3.10. The van der Waals surface area contributed by atoms with E-state index in [0.29, 0.717) is 12.0 Å². The van der Waals surface area contributed by atoms with Crippen LogP contribution in [0.1, 0.15) is 30.9 Å². The number of esters is 1. The van der Waals surface area contributed by atoms with Crippen molar-refractivity contribution in [2.24, 2.45) is 0 Å². The summed E-state index contributed by atoms with van der Waals surface area (Å²) in [6, 6.07) is 14.2. The van der Waals surface area contributed by atoms with Gasteiger partial charge < -0.3 is 15.0 Å². The van der Waals surface area contributed by atoms with Gasteiger partial charge in [-0.3, -0.25) is 9.59 Å². The van der Waals surface area contributed by atoms with Gasteiger partial charge in [0.25, 0.3) is 5.91 Å². The first-order chi connectivity index (χ1) is 13.5. The first-order valence-corrected chi connectivity index (χ1v) is 9.30. The highest BCUT2D eigenvalue weighted by atomic mass is 19.1. The van der Waals surface area contributed by atoms with Crippen molar-refractivity contribution in [3.63, 3.8) is 0 Å². The van der Waals surface area contributed by atoms with Gasteiger partial charge in [-0.1, -0.05) is 36.4 Å². The van der Waals surface area contributed by atoms with Crippen molar-refractivity contribution in [2.45, 2.75) is 38.8 Å². The highest BCUT2D eigenvalue weighted by Gasteiger charge is 2.18. The van der Waals surface area contributed by atoms with E-state index in [-0.39, 0.29) is 18.8 Å². The fraction of sp³-hybridized carbons (Fsp3) is 0.273. The molecular weight excluding hydrogens is 359 g/mol. The lowest BCUT2D eigenvalue weighted by Gasteiger charge is -2.13. The Bertz CT molecular complexity index is 967. The molecule has 28 heavy (non-hydrogen) atoms. The smallest absolute Gasteiger partial charge is 0.306 e. The number of carbonyl (C=O) groups excluding carboxylic acids is 2. The Morgan fingerprint density at radius 3 is 2.68 bits per heavy atom. The lowest BCUT2D eigenvalue weighted by molar-refractivity contribution is -0.154. The Labute approximate surface area is 162 Å². The number of aromatic amines is 1. The number of aryl methyl sites for hydroxylation is 1. The molecule has 1 heterocycles. The summed E-state index contributed by atoms with van der Waals surface area (Å²) in [5, 5.41) is 3.73. The van der Waals surface area contributed by atoms with Crippen LogP contribution in [0.4, 0.5) is 4.39 Å². The van der Waals surface area contributed by atoms with E-state index in [1.807, 2.05) is 30.5 Å². The van der Waals surface area contributed by atoms with E-state index >= 15 is 0 Å². The average molecular weight is 382 g/mol. The minimum atomic E-state index is -0.924. The Balaban J connectivity index is 1.41. The summed E-state index contributed by atoms with van der Waals surface area (Å²) < 4.78 is 18.8. The van der Waals surface area contributed by atoms with E-state index in [1.54, 1.807) is 18.2 Å². The molecular formula is C22H23FN2O3. The summed E-state index contributed by atoms with van der Waals surface area (Å²) in [6.07, 6.45) is 2.63. The number of rotatable bonds is 8. The van der Waals surface area contributed by atoms with Gasteiger partial charge in [0, 0.05) is 35.6 Å². The van der Waals surface area contributed by atoms with E-state index in [9.17, 15) is 14.0 Å². The minimum absolute atomic E-state index is 0.0496. The van der Waals surface area contributed by atoms with Crippen LogP contribution in [0.15, 0.2) is 54.7 Å². The number of amides is 1. The van der Waals surface area contributed by atoms with Crippen LogP contribution in [0, 0.1) is 5.82 Å². The number of nitrogens with one attached hydrogen (secondary N) is 2. The molecule has 0 radical (unpaired) electrons. The maximum absolute atomic E-state index is 13.6. The standard InChI is InChI=1S/C22H23FN2O3/c1-15(22(27)25-14-17-7-2-4-10-19(17)23)28-21(26)12-6-8-16-13-24-20-11-5-3-9-18(16)20/h2-5,7,9-11,13,15,24H,6,8,12,14H2,1H3,(H,25,27). The largest absolute Gasteiger partial charge is 0.453 e. The third-order valence-electron chi connectivity index (χ3n) is 4.59. The summed E-state index contributed by atoms with van der Waals surface area (Å²) in [5.41, 5.74) is 2.60. The molecule has 0 saturated heterocycles. The molecule has 0 fully saturated rings. The van der Waals surface area contributed by atoms with Crippen LogP contribution in [-0.4, -0.2) is 23.0 Å². The maximum atomic E-state index is 13.6. The molecule has 1 amide bonds. The van der Waals surface area contributed by atoms with Crippen LogP contribution in [-0.2, 0) is 27.3 Å². The van der Waals surface area contributed by atoms with E-state index in [4.69, 9.17) is 4.74 Å². The number of hydrogen-bond acceptors (Lipinski definition) is 3. The van der Waals surface area contributed by atoms with Crippen LogP contribution < -0.4 is 5.32 Å². The highest BCUT2D eigenvalue weighted by molar-refractivity contribution is 5.84.